The molecular formula is C13H26N2O2. The molecule has 1 aliphatic rings. The van der Waals surface area contributed by atoms with E-state index in [4.69, 9.17) is 4.74 Å². The SMILES string of the molecule is COC(C)(C)C(C)NCC(=O)N1CCCCC1. The number of methoxy groups -OCH3 is 1. The van der Waals surface area contributed by atoms with Crippen molar-refractivity contribution in [3.63, 3.8) is 0 Å². The highest BCUT2D eigenvalue weighted by molar-refractivity contribution is 5.78. The van der Waals surface area contributed by atoms with Gasteiger partial charge < -0.3 is 15.0 Å². The third kappa shape index (κ3) is 4.28. The predicted molar refractivity (Wildman–Crippen MR) is 69.0 cm³/mol. The molecule has 0 saturated carbocycles. The maximum absolute atomic E-state index is 11.9. The lowest BCUT2D eigenvalue weighted by atomic mass is 10.0. The minimum atomic E-state index is -0.248. The van der Waals surface area contributed by atoms with Gasteiger partial charge in [0.15, 0.2) is 0 Å². The van der Waals surface area contributed by atoms with E-state index in [2.05, 4.69) is 5.32 Å². The predicted octanol–water partition coefficient (Wildman–Crippen LogP) is 1.40. The Morgan fingerprint density at radius 2 is 1.94 bits per heavy atom. The summed E-state index contributed by atoms with van der Waals surface area (Å²) in [6.07, 6.45) is 3.54. The van der Waals surface area contributed by atoms with E-state index in [1.54, 1.807) is 7.11 Å². The molecule has 0 bridgehead atoms. The van der Waals surface area contributed by atoms with Gasteiger partial charge in [-0.05, 0) is 40.0 Å². The molecule has 0 radical (unpaired) electrons. The Bertz CT molecular complexity index is 248. The number of piperidine rings is 1. The fraction of sp³-hybridized carbons (Fsp3) is 0.923. The molecule has 1 heterocycles. The molecule has 1 amide bonds. The molecule has 17 heavy (non-hydrogen) atoms. The molecule has 0 aromatic heterocycles. The summed E-state index contributed by atoms with van der Waals surface area (Å²) in [5, 5.41) is 3.25. The second kappa shape index (κ2) is 6.36. The number of ether oxygens (including phenoxy) is 1. The smallest absolute Gasteiger partial charge is 0.236 e. The Balaban J connectivity index is 2.32. The van der Waals surface area contributed by atoms with Crippen LogP contribution in [0.4, 0.5) is 0 Å². The van der Waals surface area contributed by atoms with E-state index < -0.39 is 0 Å². The van der Waals surface area contributed by atoms with Gasteiger partial charge in [-0.3, -0.25) is 4.79 Å². The Morgan fingerprint density at radius 1 is 1.35 bits per heavy atom. The van der Waals surface area contributed by atoms with Crippen LogP contribution in [0.2, 0.25) is 0 Å². The molecule has 1 fully saturated rings. The lowest BCUT2D eigenvalue weighted by molar-refractivity contribution is -0.131. The number of hydrogen-bond acceptors (Lipinski definition) is 3. The summed E-state index contributed by atoms with van der Waals surface area (Å²) in [6, 6.07) is 0.154. The quantitative estimate of drug-likeness (QED) is 0.792. The van der Waals surface area contributed by atoms with Gasteiger partial charge in [0.1, 0.15) is 0 Å². The topological polar surface area (TPSA) is 41.6 Å². The first-order valence-electron chi connectivity index (χ1n) is 6.53. The van der Waals surface area contributed by atoms with E-state index >= 15 is 0 Å². The van der Waals surface area contributed by atoms with E-state index in [-0.39, 0.29) is 17.6 Å². The fourth-order valence-electron chi connectivity index (χ4n) is 1.92. The molecule has 1 aliphatic heterocycles. The third-order valence-electron chi connectivity index (χ3n) is 3.84. The average Bonchev–Trinajstić information content (AvgIpc) is 2.36. The number of hydrogen-bond donors (Lipinski definition) is 1. The van der Waals surface area contributed by atoms with Crippen LogP contribution in [0, 0.1) is 0 Å². The minimum absolute atomic E-state index is 0.154. The Labute approximate surface area is 105 Å². The maximum atomic E-state index is 11.9. The lowest BCUT2D eigenvalue weighted by Crippen LogP contribution is -2.50. The largest absolute Gasteiger partial charge is 0.377 e. The zero-order chi connectivity index (χ0) is 12.9. The second-order valence-electron chi connectivity index (χ2n) is 5.35. The Morgan fingerprint density at radius 3 is 2.47 bits per heavy atom. The van der Waals surface area contributed by atoms with Gasteiger partial charge in [0.05, 0.1) is 12.1 Å². The highest BCUT2D eigenvalue weighted by Gasteiger charge is 2.26. The molecule has 1 unspecified atom stereocenters. The first-order valence-corrected chi connectivity index (χ1v) is 6.53. The van der Waals surface area contributed by atoms with Gasteiger partial charge in [0, 0.05) is 26.2 Å². The van der Waals surface area contributed by atoms with Crippen molar-refractivity contribution in [3.8, 4) is 0 Å². The Kier molecular flexibility index (Phi) is 5.40. The first-order chi connectivity index (χ1) is 7.97. The number of amides is 1. The molecule has 1 N–H and O–H groups in total. The number of likely N-dealkylation sites (tertiary alicyclic amines) is 1. The highest BCUT2D eigenvalue weighted by atomic mass is 16.5. The van der Waals surface area contributed by atoms with E-state index in [0.717, 1.165) is 25.9 Å². The molecule has 0 aliphatic carbocycles. The molecule has 0 aromatic rings. The van der Waals surface area contributed by atoms with Crippen LogP contribution in [-0.4, -0.2) is 49.2 Å². The van der Waals surface area contributed by atoms with Crippen molar-refractivity contribution in [2.24, 2.45) is 0 Å². The second-order valence-corrected chi connectivity index (χ2v) is 5.35. The molecule has 4 nitrogen and oxygen atoms in total. The van der Waals surface area contributed by atoms with Crippen molar-refractivity contribution in [1.29, 1.82) is 0 Å². The summed E-state index contributed by atoms with van der Waals surface area (Å²) in [4.78, 5) is 13.9. The monoisotopic (exact) mass is 242 g/mol. The van der Waals surface area contributed by atoms with Crippen LogP contribution >= 0.6 is 0 Å². The van der Waals surface area contributed by atoms with Crippen molar-refractivity contribution in [2.45, 2.75) is 51.7 Å². The maximum Gasteiger partial charge on any atom is 0.236 e. The molecule has 1 rings (SSSR count). The summed E-state index contributed by atoms with van der Waals surface area (Å²) in [5.74, 6) is 0.212. The summed E-state index contributed by atoms with van der Waals surface area (Å²) < 4.78 is 5.39. The first kappa shape index (κ1) is 14.5. The van der Waals surface area contributed by atoms with Crippen LogP contribution in [0.15, 0.2) is 0 Å². The van der Waals surface area contributed by atoms with Crippen LogP contribution in [0.5, 0.6) is 0 Å². The normalized spacial score (nSPS) is 19.2. The van der Waals surface area contributed by atoms with Gasteiger partial charge in [-0.25, -0.2) is 0 Å². The summed E-state index contributed by atoms with van der Waals surface area (Å²) in [7, 11) is 1.70. The van der Waals surface area contributed by atoms with E-state index in [0.29, 0.717) is 6.54 Å². The van der Waals surface area contributed by atoms with Crippen molar-refractivity contribution in [1.82, 2.24) is 10.2 Å². The van der Waals surface area contributed by atoms with Crippen molar-refractivity contribution in [2.75, 3.05) is 26.7 Å². The zero-order valence-corrected chi connectivity index (χ0v) is 11.6. The lowest BCUT2D eigenvalue weighted by Gasteiger charge is -2.32. The molecular weight excluding hydrogens is 216 g/mol. The van der Waals surface area contributed by atoms with Crippen molar-refractivity contribution >= 4 is 5.91 Å². The minimum Gasteiger partial charge on any atom is -0.377 e. The summed E-state index contributed by atoms with van der Waals surface area (Å²) in [5.41, 5.74) is -0.248. The van der Waals surface area contributed by atoms with Gasteiger partial charge in [-0.1, -0.05) is 0 Å². The highest BCUT2D eigenvalue weighted by Crippen LogP contribution is 2.13. The van der Waals surface area contributed by atoms with E-state index in [1.165, 1.54) is 6.42 Å². The van der Waals surface area contributed by atoms with Gasteiger partial charge in [-0.15, -0.1) is 0 Å². The van der Waals surface area contributed by atoms with Gasteiger partial charge in [-0.2, -0.15) is 0 Å². The molecule has 1 atom stereocenters. The van der Waals surface area contributed by atoms with E-state index in [9.17, 15) is 4.79 Å². The zero-order valence-electron chi connectivity index (χ0n) is 11.6. The Hall–Kier alpha value is -0.610. The van der Waals surface area contributed by atoms with Crippen LogP contribution in [0.25, 0.3) is 0 Å². The molecule has 4 heteroatoms. The van der Waals surface area contributed by atoms with Gasteiger partial charge >= 0.3 is 0 Å². The number of carbonyl (C=O) groups excluding carboxylic acids is 1. The number of carbonyl (C=O) groups is 1. The van der Waals surface area contributed by atoms with Crippen molar-refractivity contribution < 1.29 is 9.53 Å². The standard InChI is InChI=1S/C13H26N2O2/c1-11(13(2,3)17-4)14-10-12(16)15-8-6-5-7-9-15/h11,14H,5-10H2,1-4H3. The molecule has 1 saturated heterocycles. The van der Waals surface area contributed by atoms with E-state index in [1.807, 2.05) is 25.7 Å². The average molecular weight is 242 g/mol. The van der Waals surface area contributed by atoms with Gasteiger partial charge in [0.25, 0.3) is 0 Å². The third-order valence-corrected chi connectivity index (χ3v) is 3.84. The molecule has 100 valence electrons. The number of nitrogens with one attached hydrogen (secondary N) is 1. The van der Waals surface area contributed by atoms with Crippen LogP contribution in [0.1, 0.15) is 40.0 Å². The number of nitrogens with zero attached hydrogens (tertiary/aromatic N) is 1. The summed E-state index contributed by atoms with van der Waals surface area (Å²) in [6.45, 7) is 8.35. The summed E-state index contributed by atoms with van der Waals surface area (Å²) >= 11 is 0. The molecule has 0 aromatic carbocycles. The van der Waals surface area contributed by atoms with Gasteiger partial charge in [0.2, 0.25) is 5.91 Å². The fourth-order valence-corrected chi connectivity index (χ4v) is 1.92. The van der Waals surface area contributed by atoms with Crippen molar-refractivity contribution in [3.05, 3.63) is 0 Å². The molecule has 0 spiro atoms. The number of rotatable bonds is 5. The van der Waals surface area contributed by atoms with Crippen LogP contribution in [-0.2, 0) is 9.53 Å². The van der Waals surface area contributed by atoms with Crippen LogP contribution < -0.4 is 5.32 Å². The van der Waals surface area contributed by atoms with Crippen LogP contribution in [0.3, 0.4) is 0 Å².